The fraction of sp³-hybridized carbons (Fsp3) is 0.391. The van der Waals surface area contributed by atoms with E-state index in [1.165, 1.54) is 17.1 Å². The van der Waals surface area contributed by atoms with Crippen LogP contribution in [0.2, 0.25) is 5.02 Å². The second-order valence-electron chi connectivity index (χ2n) is 8.61. The molecule has 2 fully saturated rings. The summed E-state index contributed by atoms with van der Waals surface area (Å²) in [4.78, 5) is 21.5. The van der Waals surface area contributed by atoms with Gasteiger partial charge < -0.3 is 9.64 Å². The number of carbonyl (C=O) groups is 1. The zero-order valence-electron chi connectivity index (χ0n) is 18.9. The maximum absolute atomic E-state index is 13.9. The average Bonchev–Trinajstić information content (AvgIpc) is 3.40. The van der Waals surface area contributed by atoms with Gasteiger partial charge in [0.25, 0.3) is 0 Å². The first kappa shape index (κ1) is 23.3. The maximum Gasteiger partial charge on any atom is 0.228 e. The number of morpholine rings is 1. The van der Waals surface area contributed by atoms with Gasteiger partial charge in [-0.3, -0.25) is 14.7 Å². The molecule has 0 aliphatic carbocycles. The van der Waals surface area contributed by atoms with Crippen LogP contribution >= 0.6 is 11.6 Å². The summed E-state index contributed by atoms with van der Waals surface area (Å²) in [7, 11) is 0. The topological polar surface area (TPSA) is 113 Å². The van der Waals surface area contributed by atoms with E-state index >= 15 is 0 Å². The summed E-state index contributed by atoms with van der Waals surface area (Å²) >= 11 is 6.37. The Morgan fingerprint density at radius 2 is 2.20 bits per heavy atom. The monoisotopic (exact) mass is 496 g/mol. The van der Waals surface area contributed by atoms with Crippen LogP contribution in [0.25, 0.3) is 5.69 Å². The second-order valence-corrected chi connectivity index (χ2v) is 9.02. The first-order valence-corrected chi connectivity index (χ1v) is 11.5. The molecule has 0 spiro atoms. The molecule has 12 heteroatoms. The fourth-order valence-corrected chi connectivity index (χ4v) is 4.85. The van der Waals surface area contributed by atoms with Gasteiger partial charge in [0, 0.05) is 26.2 Å². The van der Waals surface area contributed by atoms with E-state index in [0.29, 0.717) is 54.8 Å². The maximum atomic E-state index is 13.9. The van der Waals surface area contributed by atoms with E-state index in [4.69, 9.17) is 16.3 Å². The first-order valence-electron chi connectivity index (χ1n) is 11.1. The summed E-state index contributed by atoms with van der Waals surface area (Å²) in [5.74, 6) is -0.571. The van der Waals surface area contributed by atoms with Crippen molar-refractivity contribution in [2.75, 3.05) is 32.8 Å². The van der Waals surface area contributed by atoms with Gasteiger partial charge in [0.15, 0.2) is 0 Å². The number of tetrazole rings is 1. The Labute approximate surface area is 205 Å². The van der Waals surface area contributed by atoms with Crippen molar-refractivity contribution in [2.24, 2.45) is 0 Å². The van der Waals surface area contributed by atoms with Crippen LogP contribution in [-0.4, -0.2) is 79.7 Å². The second kappa shape index (κ2) is 9.65. The molecule has 2 saturated heterocycles. The predicted molar refractivity (Wildman–Crippen MR) is 122 cm³/mol. The Morgan fingerprint density at radius 1 is 1.34 bits per heavy atom. The number of carbonyl (C=O) groups excluding carboxylic acids is 1. The van der Waals surface area contributed by atoms with E-state index in [1.54, 1.807) is 25.3 Å². The van der Waals surface area contributed by atoms with Crippen molar-refractivity contribution < 1.29 is 13.9 Å². The van der Waals surface area contributed by atoms with Crippen LogP contribution in [0.5, 0.6) is 0 Å². The highest BCUT2D eigenvalue weighted by Crippen LogP contribution is 2.31. The van der Waals surface area contributed by atoms with Crippen molar-refractivity contribution in [3.8, 4) is 11.8 Å². The molecule has 2 aliphatic heterocycles. The number of benzene rings is 1. The predicted octanol–water partition coefficient (Wildman–Crippen LogP) is 1.86. The molecule has 4 heterocycles. The standard InChI is InChI=1S/C23H22ClFN8O2/c1-14-17(2-3-20(25)18(14)8-26)22-11-31-4-5-32(10-16(31)12-35-22)23(34)7-21-19(24)6-15(9-27-21)33-13-28-29-30-33/h2-3,6,9,13,16,22H,4-5,7,10-12H2,1H3/t16-,22+/m0/s1. The van der Waals surface area contributed by atoms with Crippen LogP contribution in [0, 0.1) is 24.1 Å². The number of nitrogens with zero attached hydrogens (tertiary/aromatic N) is 8. The van der Waals surface area contributed by atoms with Crippen molar-refractivity contribution in [3.63, 3.8) is 0 Å². The number of piperazine rings is 1. The number of aromatic nitrogens is 5. The van der Waals surface area contributed by atoms with Gasteiger partial charge in [-0.1, -0.05) is 17.7 Å². The Bertz CT molecular complexity index is 1300. The van der Waals surface area contributed by atoms with Crippen molar-refractivity contribution in [1.82, 2.24) is 35.0 Å². The summed E-state index contributed by atoms with van der Waals surface area (Å²) in [6.45, 7) is 4.62. The van der Waals surface area contributed by atoms with Gasteiger partial charge in [0.1, 0.15) is 18.2 Å². The molecule has 2 atom stereocenters. The number of amides is 1. The quantitative estimate of drug-likeness (QED) is 0.538. The van der Waals surface area contributed by atoms with E-state index in [0.717, 1.165) is 5.56 Å². The van der Waals surface area contributed by atoms with Crippen LogP contribution in [0.4, 0.5) is 4.39 Å². The Hall–Kier alpha value is -3.46. The molecular weight excluding hydrogens is 475 g/mol. The van der Waals surface area contributed by atoms with E-state index in [1.807, 2.05) is 11.0 Å². The lowest BCUT2D eigenvalue weighted by atomic mass is 9.96. The highest BCUT2D eigenvalue weighted by atomic mass is 35.5. The highest BCUT2D eigenvalue weighted by molar-refractivity contribution is 6.31. The van der Waals surface area contributed by atoms with Gasteiger partial charge >= 0.3 is 0 Å². The van der Waals surface area contributed by atoms with Crippen molar-refractivity contribution in [3.05, 3.63) is 63.9 Å². The SMILES string of the molecule is Cc1c([C@H]2CN3CCN(C(=O)Cc4ncc(-n5cnnn5)cc4Cl)C[C@H]3CO2)ccc(F)c1C#N. The number of fused-ring (bicyclic) bond motifs is 1. The van der Waals surface area contributed by atoms with Crippen LogP contribution in [-0.2, 0) is 16.0 Å². The number of nitriles is 1. The van der Waals surface area contributed by atoms with E-state index < -0.39 is 5.82 Å². The highest BCUT2D eigenvalue weighted by Gasteiger charge is 2.36. The largest absolute Gasteiger partial charge is 0.370 e. The minimum atomic E-state index is -0.519. The molecule has 180 valence electrons. The summed E-state index contributed by atoms with van der Waals surface area (Å²) < 4.78 is 21.5. The molecule has 5 rings (SSSR count). The summed E-state index contributed by atoms with van der Waals surface area (Å²) in [5, 5.41) is 20.6. The Kier molecular flexibility index (Phi) is 6.42. The van der Waals surface area contributed by atoms with Gasteiger partial charge in [-0.15, -0.1) is 5.10 Å². The van der Waals surface area contributed by atoms with Crippen LogP contribution in [0.15, 0.2) is 30.7 Å². The third-order valence-electron chi connectivity index (χ3n) is 6.60. The molecule has 0 radical (unpaired) electrons. The molecule has 1 aromatic carbocycles. The Morgan fingerprint density at radius 3 is 2.94 bits per heavy atom. The number of pyridine rings is 1. The van der Waals surface area contributed by atoms with Crippen molar-refractivity contribution >= 4 is 17.5 Å². The first-order chi connectivity index (χ1) is 16.9. The molecule has 2 aromatic heterocycles. The fourth-order valence-electron chi connectivity index (χ4n) is 4.63. The number of halogens is 2. The van der Waals surface area contributed by atoms with Gasteiger partial charge in [-0.2, -0.15) is 9.94 Å². The number of rotatable bonds is 4. The third kappa shape index (κ3) is 4.60. The van der Waals surface area contributed by atoms with Crippen molar-refractivity contribution in [2.45, 2.75) is 25.5 Å². The number of hydrogen-bond acceptors (Lipinski definition) is 8. The molecule has 3 aromatic rings. The summed E-state index contributed by atoms with van der Waals surface area (Å²) in [6.07, 6.45) is 2.86. The van der Waals surface area contributed by atoms with Crippen LogP contribution in [0.3, 0.4) is 0 Å². The average molecular weight is 497 g/mol. The zero-order valence-corrected chi connectivity index (χ0v) is 19.7. The smallest absolute Gasteiger partial charge is 0.228 e. The summed E-state index contributed by atoms with van der Waals surface area (Å²) in [5.41, 5.74) is 2.60. The van der Waals surface area contributed by atoms with Gasteiger partial charge in [-0.25, -0.2) is 4.39 Å². The van der Waals surface area contributed by atoms with Gasteiger partial charge in [0.05, 0.1) is 53.3 Å². The molecule has 2 aliphatic rings. The lowest BCUT2D eigenvalue weighted by Gasteiger charge is -2.46. The van der Waals surface area contributed by atoms with E-state index in [2.05, 4.69) is 25.4 Å². The molecule has 35 heavy (non-hydrogen) atoms. The van der Waals surface area contributed by atoms with Crippen molar-refractivity contribution in [1.29, 1.82) is 5.26 Å². The number of ether oxygens (including phenoxy) is 1. The van der Waals surface area contributed by atoms with Crippen LogP contribution in [0.1, 0.15) is 28.5 Å². The minimum Gasteiger partial charge on any atom is -0.370 e. The normalized spacial score (nSPS) is 20.3. The molecule has 0 N–H and O–H groups in total. The minimum absolute atomic E-state index is 0.0515. The number of hydrogen-bond donors (Lipinski definition) is 0. The molecule has 0 bridgehead atoms. The van der Waals surface area contributed by atoms with E-state index in [9.17, 15) is 14.4 Å². The van der Waals surface area contributed by atoms with E-state index in [-0.39, 0.29) is 30.0 Å². The molecule has 0 saturated carbocycles. The zero-order chi connectivity index (χ0) is 24.5. The molecular formula is C23H22ClFN8O2. The molecule has 0 unspecified atom stereocenters. The Balaban J connectivity index is 1.21. The molecule has 1 amide bonds. The van der Waals surface area contributed by atoms with Gasteiger partial charge in [-0.05, 0) is 40.6 Å². The van der Waals surface area contributed by atoms with Crippen LogP contribution < -0.4 is 0 Å². The lowest BCUT2D eigenvalue weighted by molar-refractivity contribution is -0.139. The summed E-state index contributed by atoms with van der Waals surface area (Å²) in [6, 6.07) is 6.69. The third-order valence-corrected chi connectivity index (χ3v) is 6.92. The van der Waals surface area contributed by atoms with Gasteiger partial charge in [0.2, 0.25) is 5.91 Å². The molecule has 10 nitrogen and oxygen atoms in total. The lowest BCUT2D eigenvalue weighted by Crippen LogP contribution is -2.59.